The Bertz CT molecular complexity index is 544. The lowest BCUT2D eigenvalue weighted by atomic mass is 10.2. The Kier molecular flexibility index (Phi) is 6.94. The number of nitrogens with one attached hydrogen (secondary N) is 1. The molecule has 1 aromatic rings. The lowest BCUT2D eigenvalue weighted by molar-refractivity contribution is 0.108. The van der Waals surface area contributed by atoms with Gasteiger partial charge in [-0.3, -0.25) is 0 Å². The van der Waals surface area contributed by atoms with Crippen LogP contribution in [0.15, 0.2) is 23.1 Å². The van der Waals surface area contributed by atoms with E-state index in [0.29, 0.717) is 37.8 Å². The molecule has 0 aromatic heterocycles. The van der Waals surface area contributed by atoms with Crippen LogP contribution in [0, 0.1) is 5.92 Å². The van der Waals surface area contributed by atoms with Gasteiger partial charge >= 0.3 is 0 Å². The number of rotatable bonds is 9. The average Bonchev–Trinajstić information content (AvgIpc) is 2.41. The molecule has 0 atom stereocenters. The van der Waals surface area contributed by atoms with Gasteiger partial charge in [-0.25, -0.2) is 13.1 Å². The lowest BCUT2D eigenvalue weighted by Crippen LogP contribution is -2.26. The zero-order valence-electron chi connectivity index (χ0n) is 12.8. The average molecular weight is 316 g/mol. The number of ether oxygens (including phenoxy) is 2. The molecule has 0 aliphatic carbocycles. The number of sulfonamides is 1. The quantitative estimate of drug-likeness (QED) is 0.533. The van der Waals surface area contributed by atoms with E-state index >= 15 is 0 Å². The van der Waals surface area contributed by atoms with Crippen LogP contribution in [0.3, 0.4) is 0 Å². The molecule has 1 rings (SSSR count). The minimum atomic E-state index is -3.61. The molecular formula is C14H24N2O4S. The topological polar surface area (TPSA) is 90.7 Å². The van der Waals surface area contributed by atoms with Gasteiger partial charge < -0.3 is 15.2 Å². The second-order valence-electron chi connectivity index (χ2n) is 5.12. The molecule has 0 fully saturated rings. The Balaban J connectivity index is 2.50. The van der Waals surface area contributed by atoms with E-state index in [9.17, 15) is 8.42 Å². The van der Waals surface area contributed by atoms with E-state index in [1.807, 2.05) is 0 Å². The first-order chi connectivity index (χ1) is 9.86. The van der Waals surface area contributed by atoms with Gasteiger partial charge in [-0.2, -0.15) is 0 Å². The third-order valence-electron chi connectivity index (χ3n) is 2.72. The summed E-state index contributed by atoms with van der Waals surface area (Å²) in [4.78, 5) is 0.0615. The van der Waals surface area contributed by atoms with Crippen LogP contribution >= 0.6 is 0 Å². The number of nitrogens with two attached hydrogens (primary N) is 1. The second kappa shape index (κ2) is 8.21. The molecule has 0 bridgehead atoms. The van der Waals surface area contributed by atoms with Crippen LogP contribution in [-0.4, -0.2) is 35.3 Å². The minimum Gasteiger partial charge on any atom is -0.497 e. The molecule has 0 aliphatic rings. The zero-order valence-corrected chi connectivity index (χ0v) is 13.6. The fraction of sp³-hybridized carbons (Fsp3) is 0.571. The van der Waals surface area contributed by atoms with E-state index in [1.54, 1.807) is 6.07 Å². The van der Waals surface area contributed by atoms with Crippen LogP contribution in [0.5, 0.6) is 5.75 Å². The summed E-state index contributed by atoms with van der Waals surface area (Å²) in [5.41, 5.74) is 5.91. The van der Waals surface area contributed by atoms with Crippen molar-refractivity contribution in [1.82, 2.24) is 4.72 Å². The smallest absolute Gasteiger partial charge is 0.242 e. The molecule has 6 nitrogen and oxygen atoms in total. The van der Waals surface area contributed by atoms with Crippen LogP contribution < -0.4 is 15.2 Å². The Hall–Kier alpha value is -1.31. The molecule has 0 amide bonds. The second-order valence-corrected chi connectivity index (χ2v) is 6.86. The van der Waals surface area contributed by atoms with Crippen LogP contribution in [0.4, 0.5) is 5.69 Å². The molecule has 1 aromatic carbocycles. The zero-order chi connectivity index (χ0) is 15.9. The number of benzene rings is 1. The summed E-state index contributed by atoms with van der Waals surface area (Å²) in [7, 11) is -2.11. The largest absolute Gasteiger partial charge is 0.497 e. The predicted octanol–water partition coefficient (Wildman–Crippen LogP) is 1.62. The van der Waals surface area contributed by atoms with Crippen molar-refractivity contribution in [2.75, 3.05) is 32.6 Å². The Morgan fingerprint density at radius 3 is 2.62 bits per heavy atom. The summed E-state index contributed by atoms with van der Waals surface area (Å²) < 4.78 is 37.1. The van der Waals surface area contributed by atoms with E-state index in [1.165, 1.54) is 19.2 Å². The van der Waals surface area contributed by atoms with Crippen molar-refractivity contribution >= 4 is 15.7 Å². The van der Waals surface area contributed by atoms with E-state index in [0.717, 1.165) is 0 Å². The Morgan fingerprint density at radius 2 is 2.05 bits per heavy atom. The Morgan fingerprint density at radius 1 is 1.33 bits per heavy atom. The van der Waals surface area contributed by atoms with Crippen molar-refractivity contribution in [2.24, 2.45) is 5.92 Å². The number of nitrogen functional groups attached to an aromatic ring is 1. The fourth-order valence-corrected chi connectivity index (χ4v) is 2.86. The Labute approximate surface area is 126 Å². The maximum absolute atomic E-state index is 12.1. The number of hydrogen-bond acceptors (Lipinski definition) is 5. The first-order valence-corrected chi connectivity index (χ1v) is 8.36. The molecule has 0 saturated carbocycles. The first kappa shape index (κ1) is 17.7. The fourth-order valence-electron chi connectivity index (χ4n) is 1.68. The van der Waals surface area contributed by atoms with Crippen molar-refractivity contribution in [3.05, 3.63) is 18.2 Å². The van der Waals surface area contributed by atoms with Gasteiger partial charge in [0.1, 0.15) is 10.6 Å². The van der Waals surface area contributed by atoms with Gasteiger partial charge in [-0.15, -0.1) is 0 Å². The number of anilines is 1. The van der Waals surface area contributed by atoms with Crippen molar-refractivity contribution < 1.29 is 17.9 Å². The van der Waals surface area contributed by atoms with Gasteiger partial charge in [-0.05, 0) is 24.5 Å². The normalized spacial score (nSPS) is 11.8. The van der Waals surface area contributed by atoms with Crippen molar-refractivity contribution in [3.8, 4) is 5.75 Å². The van der Waals surface area contributed by atoms with Crippen molar-refractivity contribution in [2.45, 2.75) is 25.2 Å². The summed E-state index contributed by atoms with van der Waals surface area (Å²) in [6.45, 7) is 5.65. The number of methoxy groups -OCH3 is 1. The first-order valence-electron chi connectivity index (χ1n) is 6.87. The molecule has 0 heterocycles. The predicted molar refractivity (Wildman–Crippen MR) is 82.9 cm³/mol. The monoisotopic (exact) mass is 316 g/mol. The van der Waals surface area contributed by atoms with E-state index in [-0.39, 0.29) is 10.6 Å². The SMILES string of the molecule is COc1ccc(S(=O)(=O)NCCCOCC(C)C)c(N)c1. The highest BCUT2D eigenvalue weighted by Crippen LogP contribution is 2.23. The van der Waals surface area contributed by atoms with Crippen molar-refractivity contribution in [1.29, 1.82) is 0 Å². The molecule has 7 heteroatoms. The van der Waals surface area contributed by atoms with Gasteiger partial charge in [0.25, 0.3) is 0 Å². The highest BCUT2D eigenvalue weighted by molar-refractivity contribution is 7.89. The van der Waals surface area contributed by atoms with Gasteiger partial charge in [0.15, 0.2) is 0 Å². The van der Waals surface area contributed by atoms with Crippen LogP contribution in [-0.2, 0) is 14.8 Å². The molecule has 0 saturated heterocycles. The molecule has 0 radical (unpaired) electrons. The maximum atomic E-state index is 12.1. The van der Waals surface area contributed by atoms with E-state index < -0.39 is 10.0 Å². The van der Waals surface area contributed by atoms with Gasteiger partial charge in [0, 0.05) is 25.8 Å². The molecule has 3 N–H and O–H groups in total. The molecule has 0 aliphatic heterocycles. The molecule has 0 unspecified atom stereocenters. The molecule has 21 heavy (non-hydrogen) atoms. The summed E-state index contributed by atoms with van der Waals surface area (Å²) in [5, 5.41) is 0. The van der Waals surface area contributed by atoms with Gasteiger partial charge in [0.2, 0.25) is 10.0 Å². The van der Waals surface area contributed by atoms with E-state index in [2.05, 4.69) is 18.6 Å². The van der Waals surface area contributed by atoms with Gasteiger partial charge in [-0.1, -0.05) is 13.8 Å². The number of hydrogen-bond donors (Lipinski definition) is 2. The molecule has 0 spiro atoms. The minimum absolute atomic E-state index is 0.0615. The third-order valence-corrected chi connectivity index (χ3v) is 4.25. The highest BCUT2D eigenvalue weighted by Gasteiger charge is 2.17. The van der Waals surface area contributed by atoms with E-state index in [4.69, 9.17) is 15.2 Å². The van der Waals surface area contributed by atoms with Gasteiger partial charge in [0.05, 0.1) is 12.8 Å². The highest BCUT2D eigenvalue weighted by atomic mass is 32.2. The molecule has 120 valence electrons. The summed E-state index contributed by atoms with van der Waals surface area (Å²) >= 11 is 0. The van der Waals surface area contributed by atoms with Crippen LogP contribution in [0.25, 0.3) is 0 Å². The summed E-state index contributed by atoms with van der Waals surface area (Å²) in [6.07, 6.45) is 0.613. The standard InChI is InChI=1S/C14H24N2O4S/c1-11(2)10-20-8-4-7-16-21(17,18)14-6-5-12(19-3)9-13(14)15/h5-6,9,11,16H,4,7-8,10,15H2,1-3H3. The maximum Gasteiger partial charge on any atom is 0.242 e. The summed E-state index contributed by atoms with van der Waals surface area (Å²) in [5.74, 6) is 0.995. The molecular weight excluding hydrogens is 292 g/mol. The lowest BCUT2D eigenvalue weighted by Gasteiger charge is -2.11. The van der Waals surface area contributed by atoms with Crippen molar-refractivity contribution in [3.63, 3.8) is 0 Å². The van der Waals surface area contributed by atoms with Crippen LogP contribution in [0.2, 0.25) is 0 Å². The third kappa shape index (κ3) is 5.91. The summed E-state index contributed by atoms with van der Waals surface area (Å²) in [6, 6.07) is 4.49. The van der Waals surface area contributed by atoms with Crippen LogP contribution in [0.1, 0.15) is 20.3 Å².